The van der Waals surface area contributed by atoms with E-state index in [-0.39, 0.29) is 0 Å². The summed E-state index contributed by atoms with van der Waals surface area (Å²) in [5.74, 6) is 1.21. The monoisotopic (exact) mass is 199 g/mol. The minimum absolute atomic E-state index is 0.857. The first-order valence-electron chi connectivity index (χ1n) is 4.52. The predicted molar refractivity (Wildman–Crippen MR) is 58.0 cm³/mol. The molecule has 1 rings (SSSR count). The third kappa shape index (κ3) is 3.83. The van der Waals surface area contributed by atoms with Crippen LogP contribution in [-0.2, 0) is 13.1 Å². The van der Waals surface area contributed by atoms with Gasteiger partial charge in [-0.3, -0.25) is 4.68 Å². The zero-order valence-corrected chi connectivity index (χ0v) is 9.10. The molecular formula is C9H17N3S. The maximum atomic E-state index is 4.42. The van der Waals surface area contributed by atoms with Gasteiger partial charge < -0.3 is 5.32 Å². The van der Waals surface area contributed by atoms with Crippen molar-refractivity contribution in [3.8, 4) is 0 Å². The number of hydrogen-bond acceptors (Lipinski definition) is 3. The molecule has 0 aliphatic heterocycles. The second-order valence-electron chi connectivity index (χ2n) is 2.95. The van der Waals surface area contributed by atoms with E-state index in [1.54, 1.807) is 0 Å². The molecule has 1 aromatic rings. The minimum atomic E-state index is 0.857. The Labute approximate surface area is 83.9 Å². The molecule has 0 saturated carbocycles. The average molecular weight is 199 g/mol. The van der Waals surface area contributed by atoms with Crippen molar-refractivity contribution in [2.75, 3.05) is 19.1 Å². The number of aryl methyl sites for hydroxylation is 1. The lowest BCUT2D eigenvalue weighted by Gasteiger charge is -1.99. The van der Waals surface area contributed by atoms with Crippen molar-refractivity contribution in [2.45, 2.75) is 19.5 Å². The molecule has 1 heterocycles. The van der Waals surface area contributed by atoms with Gasteiger partial charge in [-0.05, 0) is 31.5 Å². The highest BCUT2D eigenvalue weighted by Crippen LogP contribution is 2.00. The summed E-state index contributed by atoms with van der Waals surface area (Å²) in [4.78, 5) is 0. The molecule has 0 amide bonds. The summed E-state index contributed by atoms with van der Waals surface area (Å²) in [6, 6.07) is 2.07. The molecule has 1 N–H and O–H groups in total. The van der Waals surface area contributed by atoms with Gasteiger partial charge in [0.2, 0.25) is 0 Å². The van der Waals surface area contributed by atoms with Gasteiger partial charge in [-0.15, -0.1) is 0 Å². The predicted octanol–water partition coefficient (Wildman–Crippen LogP) is 1.36. The molecule has 74 valence electrons. The first-order chi connectivity index (χ1) is 6.36. The van der Waals surface area contributed by atoms with Crippen LogP contribution in [0.3, 0.4) is 0 Å². The number of rotatable bonds is 6. The number of aromatic nitrogens is 2. The van der Waals surface area contributed by atoms with Gasteiger partial charge in [-0.1, -0.05) is 0 Å². The SMILES string of the molecule is CNCc1ccn(CCCSC)n1. The van der Waals surface area contributed by atoms with Crippen LogP contribution in [0.2, 0.25) is 0 Å². The van der Waals surface area contributed by atoms with Crippen LogP contribution in [0, 0.1) is 0 Å². The first kappa shape index (κ1) is 10.6. The van der Waals surface area contributed by atoms with E-state index in [2.05, 4.69) is 22.7 Å². The van der Waals surface area contributed by atoms with Crippen molar-refractivity contribution < 1.29 is 0 Å². The number of nitrogens with one attached hydrogen (secondary N) is 1. The van der Waals surface area contributed by atoms with Crippen LogP contribution in [-0.4, -0.2) is 28.8 Å². The van der Waals surface area contributed by atoms with E-state index in [1.165, 1.54) is 12.2 Å². The van der Waals surface area contributed by atoms with E-state index in [0.29, 0.717) is 0 Å². The lowest BCUT2D eigenvalue weighted by molar-refractivity contribution is 0.592. The van der Waals surface area contributed by atoms with Gasteiger partial charge in [0.15, 0.2) is 0 Å². The van der Waals surface area contributed by atoms with Gasteiger partial charge in [-0.25, -0.2) is 0 Å². The highest BCUT2D eigenvalue weighted by Gasteiger charge is 1.96. The van der Waals surface area contributed by atoms with E-state index in [1.807, 2.05) is 29.7 Å². The summed E-state index contributed by atoms with van der Waals surface area (Å²) in [7, 11) is 1.94. The molecule has 0 radical (unpaired) electrons. The standard InChI is InChI=1S/C9H17N3S/c1-10-8-9-4-6-12(11-9)5-3-7-13-2/h4,6,10H,3,5,7-8H2,1-2H3. The third-order valence-electron chi connectivity index (χ3n) is 1.79. The Morgan fingerprint density at radius 2 is 2.46 bits per heavy atom. The van der Waals surface area contributed by atoms with Crippen molar-refractivity contribution in [2.24, 2.45) is 0 Å². The fraction of sp³-hybridized carbons (Fsp3) is 0.667. The van der Waals surface area contributed by atoms with Crippen LogP contribution in [0.25, 0.3) is 0 Å². The molecule has 0 spiro atoms. The van der Waals surface area contributed by atoms with Gasteiger partial charge in [0, 0.05) is 19.3 Å². The molecule has 13 heavy (non-hydrogen) atoms. The highest BCUT2D eigenvalue weighted by atomic mass is 32.2. The van der Waals surface area contributed by atoms with Gasteiger partial charge in [-0.2, -0.15) is 16.9 Å². The summed E-state index contributed by atoms with van der Waals surface area (Å²) >= 11 is 1.88. The molecule has 3 nitrogen and oxygen atoms in total. The Morgan fingerprint density at radius 3 is 3.15 bits per heavy atom. The summed E-state index contributed by atoms with van der Waals surface area (Å²) in [6.07, 6.45) is 5.38. The summed E-state index contributed by atoms with van der Waals surface area (Å²) in [6.45, 7) is 1.89. The zero-order chi connectivity index (χ0) is 9.52. The molecule has 0 bridgehead atoms. The normalized spacial score (nSPS) is 10.6. The fourth-order valence-corrected chi connectivity index (χ4v) is 1.59. The van der Waals surface area contributed by atoms with Crippen LogP contribution in [0.4, 0.5) is 0 Å². The summed E-state index contributed by atoms with van der Waals surface area (Å²) in [5.41, 5.74) is 1.12. The van der Waals surface area contributed by atoms with Crippen molar-refractivity contribution in [3.63, 3.8) is 0 Å². The van der Waals surface area contributed by atoms with Crippen LogP contribution in [0.5, 0.6) is 0 Å². The Morgan fingerprint density at radius 1 is 1.62 bits per heavy atom. The molecule has 0 atom stereocenters. The van der Waals surface area contributed by atoms with Crippen molar-refractivity contribution in [3.05, 3.63) is 18.0 Å². The molecule has 0 fully saturated rings. The molecular weight excluding hydrogens is 182 g/mol. The second-order valence-corrected chi connectivity index (χ2v) is 3.93. The third-order valence-corrected chi connectivity index (χ3v) is 2.49. The van der Waals surface area contributed by atoms with E-state index in [9.17, 15) is 0 Å². The van der Waals surface area contributed by atoms with Crippen LogP contribution in [0.15, 0.2) is 12.3 Å². The summed E-state index contributed by atoms with van der Waals surface area (Å²) < 4.78 is 2.02. The number of hydrogen-bond donors (Lipinski definition) is 1. The Kier molecular flexibility index (Phi) is 4.93. The molecule has 0 aliphatic rings. The smallest absolute Gasteiger partial charge is 0.0762 e. The Balaban J connectivity index is 2.31. The maximum absolute atomic E-state index is 4.42. The van der Waals surface area contributed by atoms with Gasteiger partial charge >= 0.3 is 0 Å². The van der Waals surface area contributed by atoms with Crippen molar-refractivity contribution >= 4 is 11.8 Å². The molecule has 0 aromatic carbocycles. The van der Waals surface area contributed by atoms with Crippen LogP contribution in [0.1, 0.15) is 12.1 Å². The van der Waals surface area contributed by atoms with Gasteiger partial charge in [0.05, 0.1) is 5.69 Å². The number of nitrogens with zero attached hydrogens (tertiary/aromatic N) is 2. The molecule has 0 saturated heterocycles. The van der Waals surface area contributed by atoms with Gasteiger partial charge in [0.1, 0.15) is 0 Å². The lowest BCUT2D eigenvalue weighted by Crippen LogP contribution is -2.07. The summed E-state index contributed by atoms with van der Waals surface area (Å²) in [5, 5.41) is 7.50. The second kappa shape index (κ2) is 6.05. The molecule has 0 aliphatic carbocycles. The zero-order valence-electron chi connectivity index (χ0n) is 8.29. The lowest BCUT2D eigenvalue weighted by atomic mass is 10.4. The van der Waals surface area contributed by atoms with Crippen molar-refractivity contribution in [1.82, 2.24) is 15.1 Å². The first-order valence-corrected chi connectivity index (χ1v) is 5.92. The van der Waals surface area contributed by atoms with Crippen LogP contribution >= 0.6 is 11.8 Å². The number of thioether (sulfide) groups is 1. The topological polar surface area (TPSA) is 29.9 Å². The quantitative estimate of drug-likeness (QED) is 0.702. The van der Waals surface area contributed by atoms with Crippen LogP contribution < -0.4 is 5.32 Å². The molecule has 1 aromatic heterocycles. The maximum Gasteiger partial charge on any atom is 0.0762 e. The average Bonchev–Trinajstić information content (AvgIpc) is 2.54. The van der Waals surface area contributed by atoms with E-state index in [0.717, 1.165) is 18.8 Å². The van der Waals surface area contributed by atoms with E-state index in [4.69, 9.17) is 0 Å². The fourth-order valence-electron chi connectivity index (χ4n) is 1.17. The van der Waals surface area contributed by atoms with Gasteiger partial charge in [0.25, 0.3) is 0 Å². The molecule has 4 heteroatoms. The highest BCUT2D eigenvalue weighted by molar-refractivity contribution is 7.98. The van der Waals surface area contributed by atoms with E-state index < -0.39 is 0 Å². The van der Waals surface area contributed by atoms with Crippen molar-refractivity contribution in [1.29, 1.82) is 0 Å². The minimum Gasteiger partial charge on any atom is -0.314 e. The Bertz CT molecular complexity index is 235. The largest absolute Gasteiger partial charge is 0.314 e. The van der Waals surface area contributed by atoms with E-state index >= 15 is 0 Å². The molecule has 0 unspecified atom stereocenters. The Hall–Kier alpha value is -0.480.